The van der Waals surface area contributed by atoms with E-state index in [1.807, 2.05) is 19.9 Å². The molecule has 6 heteroatoms. The molecule has 0 aliphatic heterocycles. The molecule has 1 atom stereocenters. The average molecular weight is 304 g/mol. The lowest BCUT2D eigenvalue weighted by Crippen LogP contribution is -2.44. The number of allylic oxidation sites excluding steroid dienone is 1. The number of nitrogens with one attached hydrogen (secondary N) is 1. The van der Waals surface area contributed by atoms with Crippen molar-refractivity contribution in [2.75, 3.05) is 0 Å². The summed E-state index contributed by atoms with van der Waals surface area (Å²) in [6, 6.07) is 5.26. The van der Waals surface area contributed by atoms with Crippen LogP contribution in [-0.2, 0) is 9.59 Å². The SMILES string of the molecule is CC(=O)Oc1ccc(C(=O)N[C@H](CC=C(C)C)C(N)=O)cc1. The fourth-order valence-electron chi connectivity index (χ4n) is 1.68. The third-order valence-corrected chi connectivity index (χ3v) is 2.79. The van der Waals surface area contributed by atoms with Gasteiger partial charge in [-0.2, -0.15) is 0 Å². The predicted octanol–water partition coefficient (Wildman–Crippen LogP) is 1.55. The van der Waals surface area contributed by atoms with Crippen molar-refractivity contribution in [3.05, 3.63) is 41.5 Å². The summed E-state index contributed by atoms with van der Waals surface area (Å²) in [6.07, 6.45) is 2.18. The van der Waals surface area contributed by atoms with E-state index in [2.05, 4.69) is 5.32 Å². The van der Waals surface area contributed by atoms with Gasteiger partial charge < -0.3 is 15.8 Å². The van der Waals surface area contributed by atoms with Crippen molar-refractivity contribution >= 4 is 17.8 Å². The van der Waals surface area contributed by atoms with E-state index in [0.717, 1.165) is 5.57 Å². The van der Waals surface area contributed by atoms with E-state index < -0.39 is 23.8 Å². The van der Waals surface area contributed by atoms with Crippen molar-refractivity contribution in [2.45, 2.75) is 33.2 Å². The van der Waals surface area contributed by atoms with Crippen LogP contribution in [0.25, 0.3) is 0 Å². The second kappa shape index (κ2) is 7.97. The van der Waals surface area contributed by atoms with E-state index in [9.17, 15) is 14.4 Å². The van der Waals surface area contributed by atoms with Crippen molar-refractivity contribution < 1.29 is 19.1 Å². The highest BCUT2D eigenvalue weighted by Gasteiger charge is 2.17. The zero-order valence-electron chi connectivity index (χ0n) is 12.9. The highest BCUT2D eigenvalue weighted by Crippen LogP contribution is 2.12. The van der Waals surface area contributed by atoms with Gasteiger partial charge in [0, 0.05) is 12.5 Å². The Morgan fingerprint density at radius 1 is 1.18 bits per heavy atom. The first kappa shape index (κ1) is 17.4. The van der Waals surface area contributed by atoms with Gasteiger partial charge in [0.1, 0.15) is 11.8 Å². The maximum atomic E-state index is 12.1. The number of nitrogens with two attached hydrogens (primary N) is 1. The van der Waals surface area contributed by atoms with Crippen LogP contribution in [0.5, 0.6) is 5.75 Å². The molecule has 1 aromatic carbocycles. The normalized spacial score (nSPS) is 11.2. The summed E-state index contributed by atoms with van der Waals surface area (Å²) in [6.45, 7) is 5.09. The third kappa shape index (κ3) is 5.78. The van der Waals surface area contributed by atoms with Gasteiger partial charge in [-0.05, 0) is 44.5 Å². The van der Waals surface area contributed by atoms with E-state index in [-0.39, 0.29) is 0 Å². The molecular weight excluding hydrogens is 284 g/mol. The number of primary amides is 1. The van der Waals surface area contributed by atoms with E-state index in [1.165, 1.54) is 31.2 Å². The molecule has 3 N–H and O–H groups in total. The molecule has 0 heterocycles. The van der Waals surface area contributed by atoms with Crippen LogP contribution in [0.15, 0.2) is 35.9 Å². The smallest absolute Gasteiger partial charge is 0.308 e. The van der Waals surface area contributed by atoms with Crippen LogP contribution in [0.2, 0.25) is 0 Å². The number of rotatable bonds is 6. The fraction of sp³-hybridized carbons (Fsp3) is 0.312. The van der Waals surface area contributed by atoms with Gasteiger partial charge in [0.2, 0.25) is 5.91 Å². The van der Waals surface area contributed by atoms with E-state index in [1.54, 1.807) is 0 Å². The van der Waals surface area contributed by atoms with Gasteiger partial charge in [0.15, 0.2) is 0 Å². The van der Waals surface area contributed by atoms with E-state index in [0.29, 0.717) is 17.7 Å². The van der Waals surface area contributed by atoms with Gasteiger partial charge in [-0.25, -0.2) is 0 Å². The Kier molecular flexibility index (Phi) is 6.31. The van der Waals surface area contributed by atoms with Crippen LogP contribution in [0.4, 0.5) is 0 Å². The number of hydrogen-bond donors (Lipinski definition) is 2. The molecule has 1 rings (SSSR count). The minimum Gasteiger partial charge on any atom is -0.427 e. The van der Waals surface area contributed by atoms with E-state index in [4.69, 9.17) is 10.5 Å². The maximum Gasteiger partial charge on any atom is 0.308 e. The Labute approximate surface area is 129 Å². The molecule has 118 valence electrons. The molecule has 0 aliphatic rings. The second-order valence-electron chi connectivity index (χ2n) is 5.06. The molecule has 2 amide bonds. The Hall–Kier alpha value is -2.63. The highest BCUT2D eigenvalue weighted by atomic mass is 16.5. The first-order chi connectivity index (χ1) is 10.3. The quantitative estimate of drug-likeness (QED) is 0.473. The molecule has 0 spiro atoms. The van der Waals surface area contributed by atoms with Crippen molar-refractivity contribution in [2.24, 2.45) is 5.73 Å². The molecule has 0 aromatic heterocycles. The summed E-state index contributed by atoms with van der Waals surface area (Å²) >= 11 is 0. The molecule has 1 aromatic rings. The van der Waals surface area contributed by atoms with Crippen LogP contribution >= 0.6 is 0 Å². The van der Waals surface area contributed by atoms with Crippen LogP contribution in [0, 0.1) is 0 Å². The molecule has 0 aliphatic carbocycles. The minimum atomic E-state index is -0.768. The number of carbonyl (C=O) groups excluding carboxylic acids is 3. The summed E-state index contributed by atoms with van der Waals surface area (Å²) in [4.78, 5) is 34.3. The molecule has 0 radical (unpaired) electrons. The zero-order valence-corrected chi connectivity index (χ0v) is 12.9. The minimum absolute atomic E-state index is 0.342. The molecular formula is C16H20N2O4. The number of carbonyl (C=O) groups is 3. The topological polar surface area (TPSA) is 98.5 Å². The standard InChI is InChI=1S/C16H20N2O4/c1-10(2)4-9-14(15(17)20)18-16(21)12-5-7-13(8-6-12)22-11(3)19/h4-8,14H,9H2,1-3H3,(H2,17,20)(H,18,21)/t14-/m1/s1. The lowest BCUT2D eigenvalue weighted by Gasteiger charge is -2.14. The Morgan fingerprint density at radius 3 is 2.23 bits per heavy atom. The van der Waals surface area contributed by atoms with Crippen molar-refractivity contribution in [1.29, 1.82) is 0 Å². The summed E-state index contributed by atoms with van der Waals surface area (Å²) < 4.78 is 4.88. The summed E-state index contributed by atoms with van der Waals surface area (Å²) in [5.74, 6) is -1.10. The number of benzene rings is 1. The molecule has 0 saturated carbocycles. The monoisotopic (exact) mass is 304 g/mol. The van der Waals surface area contributed by atoms with Crippen LogP contribution in [0.3, 0.4) is 0 Å². The number of ether oxygens (including phenoxy) is 1. The molecule has 22 heavy (non-hydrogen) atoms. The molecule has 0 unspecified atom stereocenters. The van der Waals surface area contributed by atoms with Gasteiger partial charge in [0.25, 0.3) is 5.91 Å². The Balaban J connectivity index is 2.75. The van der Waals surface area contributed by atoms with Crippen molar-refractivity contribution in [3.8, 4) is 5.75 Å². The summed E-state index contributed by atoms with van der Waals surface area (Å²) in [7, 11) is 0. The molecule has 0 bridgehead atoms. The predicted molar refractivity (Wildman–Crippen MR) is 82.2 cm³/mol. The first-order valence-electron chi connectivity index (χ1n) is 6.81. The summed E-state index contributed by atoms with van der Waals surface area (Å²) in [5, 5.41) is 2.58. The molecule has 6 nitrogen and oxygen atoms in total. The van der Waals surface area contributed by atoms with Gasteiger partial charge in [0.05, 0.1) is 0 Å². The number of hydrogen-bond acceptors (Lipinski definition) is 4. The lowest BCUT2D eigenvalue weighted by atomic mass is 10.1. The van der Waals surface area contributed by atoms with Crippen molar-refractivity contribution in [3.63, 3.8) is 0 Å². The Morgan fingerprint density at radius 2 is 1.77 bits per heavy atom. The lowest BCUT2D eigenvalue weighted by molar-refractivity contribution is -0.131. The molecule has 0 saturated heterocycles. The highest BCUT2D eigenvalue weighted by molar-refractivity contribution is 5.97. The van der Waals surface area contributed by atoms with Crippen LogP contribution in [-0.4, -0.2) is 23.8 Å². The van der Waals surface area contributed by atoms with Crippen molar-refractivity contribution in [1.82, 2.24) is 5.32 Å². The third-order valence-electron chi connectivity index (χ3n) is 2.79. The molecule has 0 fully saturated rings. The maximum absolute atomic E-state index is 12.1. The van der Waals surface area contributed by atoms with Crippen LogP contribution in [0.1, 0.15) is 37.6 Å². The Bertz CT molecular complexity index is 587. The fourth-order valence-corrected chi connectivity index (χ4v) is 1.68. The van der Waals surface area contributed by atoms with E-state index >= 15 is 0 Å². The van der Waals surface area contributed by atoms with Gasteiger partial charge in [-0.15, -0.1) is 0 Å². The van der Waals surface area contributed by atoms with Crippen LogP contribution < -0.4 is 15.8 Å². The number of esters is 1. The largest absolute Gasteiger partial charge is 0.427 e. The number of amides is 2. The van der Waals surface area contributed by atoms with Gasteiger partial charge >= 0.3 is 5.97 Å². The summed E-state index contributed by atoms with van der Waals surface area (Å²) in [5.41, 5.74) is 6.67. The van der Waals surface area contributed by atoms with Gasteiger partial charge in [-0.3, -0.25) is 14.4 Å². The second-order valence-corrected chi connectivity index (χ2v) is 5.06. The van der Waals surface area contributed by atoms with Gasteiger partial charge in [-0.1, -0.05) is 11.6 Å². The zero-order chi connectivity index (χ0) is 16.7. The average Bonchev–Trinajstić information content (AvgIpc) is 2.42. The first-order valence-corrected chi connectivity index (χ1v) is 6.81.